The minimum atomic E-state index is -0.126. The maximum atomic E-state index is 12.5. The Kier molecular flexibility index (Phi) is 7.33. The number of benzene rings is 2. The normalized spacial score (nSPS) is 16.1. The van der Waals surface area contributed by atoms with Crippen LogP contribution in [0.25, 0.3) is 0 Å². The lowest BCUT2D eigenvalue weighted by atomic mass is 10.1. The number of hydrogen-bond acceptors (Lipinski definition) is 4. The Bertz CT molecular complexity index is 742. The van der Waals surface area contributed by atoms with Crippen molar-refractivity contribution in [3.63, 3.8) is 0 Å². The van der Waals surface area contributed by atoms with E-state index in [0.717, 1.165) is 37.7 Å². The van der Waals surface area contributed by atoms with Crippen LogP contribution in [0.4, 0.5) is 0 Å². The molecule has 144 valence electrons. The topological polar surface area (TPSA) is 41.6 Å². The molecule has 1 fully saturated rings. The lowest BCUT2D eigenvalue weighted by Crippen LogP contribution is -2.36. The molecule has 1 aliphatic rings. The Morgan fingerprint density at radius 1 is 1.11 bits per heavy atom. The third-order valence-corrected chi connectivity index (χ3v) is 5.88. The summed E-state index contributed by atoms with van der Waals surface area (Å²) in [6, 6.07) is 16.7. The zero-order chi connectivity index (χ0) is 19.1. The molecule has 5 heteroatoms. The molecular weight excluding hydrogens is 356 g/mol. The summed E-state index contributed by atoms with van der Waals surface area (Å²) in [6.45, 7) is 9.02. The van der Waals surface area contributed by atoms with Crippen LogP contribution in [-0.4, -0.2) is 42.4 Å². The SMILES string of the molecule is Cc1ccc(S[C@@H](C)C(=O)NCc2ccccc2CN2CCOCC2)cc1. The molecule has 0 aromatic heterocycles. The molecule has 1 heterocycles. The Morgan fingerprint density at radius 3 is 2.48 bits per heavy atom. The molecule has 0 bridgehead atoms. The van der Waals surface area contributed by atoms with E-state index >= 15 is 0 Å². The second kappa shape index (κ2) is 9.93. The second-order valence-electron chi connectivity index (χ2n) is 6.95. The van der Waals surface area contributed by atoms with E-state index in [1.807, 2.05) is 13.0 Å². The van der Waals surface area contributed by atoms with E-state index in [1.165, 1.54) is 16.7 Å². The molecular formula is C22H28N2O2S. The molecule has 27 heavy (non-hydrogen) atoms. The van der Waals surface area contributed by atoms with Crippen LogP contribution < -0.4 is 5.32 Å². The lowest BCUT2D eigenvalue weighted by Gasteiger charge is -2.27. The largest absolute Gasteiger partial charge is 0.379 e. The highest BCUT2D eigenvalue weighted by molar-refractivity contribution is 8.00. The average molecular weight is 385 g/mol. The number of thioether (sulfide) groups is 1. The monoisotopic (exact) mass is 384 g/mol. The van der Waals surface area contributed by atoms with Gasteiger partial charge in [-0.05, 0) is 37.1 Å². The Balaban J connectivity index is 1.54. The van der Waals surface area contributed by atoms with Crippen molar-refractivity contribution in [2.45, 2.75) is 37.1 Å². The first-order chi connectivity index (χ1) is 13.1. The number of nitrogens with zero attached hydrogens (tertiary/aromatic N) is 1. The predicted molar refractivity (Wildman–Crippen MR) is 111 cm³/mol. The van der Waals surface area contributed by atoms with E-state index < -0.39 is 0 Å². The molecule has 1 saturated heterocycles. The zero-order valence-corrected chi connectivity index (χ0v) is 16.9. The number of aryl methyl sites for hydroxylation is 1. The molecule has 1 aliphatic heterocycles. The Morgan fingerprint density at radius 2 is 1.78 bits per heavy atom. The van der Waals surface area contributed by atoms with Gasteiger partial charge in [-0.3, -0.25) is 9.69 Å². The highest BCUT2D eigenvalue weighted by Gasteiger charge is 2.16. The average Bonchev–Trinajstić information content (AvgIpc) is 2.69. The van der Waals surface area contributed by atoms with Gasteiger partial charge >= 0.3 is 0 Å². The van der Waals surface area contributed by atoms with Crippen molar-refractivity contribution >= 4 is 17.7 Å². The highest BCUT2D eigenvalue weighted by Crippen LogP contribution is 2.23. The maximum Gasteiger partial charge on any atom is 0.233 e. The summed E-state index contributed by atoms with van der Waals surface area (Å²) in [6.07, 6.45) is 0. The van der Waals surface area contributed by atoms with Crippen molar-refractivity contribution in [3.8, 4) is 0 Å². The molecule has 2 aromatic rings. The maximum absolute atomic E-state index is 12.5. The smallest absolute Gasteiger partial charge is 0.233 e. The minimum Gasteiger partial charge on any atom is -0.379 e. The van der Waals surface area contributed by atoms with Crippen molar-refractivity contribution in [1.82, 2.24) is 10.2 Å². The summed E-state index contributed by atoms with van der Waals surface area (Å²) in [5.74, 6) is 0.0711. The van der Waals surface area contributed by atoms with Gasteiger partial charge in [-0.25, -0.2) is 0 Å². The minimum absolute atomic E-state index is 0.0711. The van der Waals surface area contributed by atoms with Gasteiger partial charge in [0.25, 0.3) is 0 Å². The predicted octanol–water partition coefficient (Wildman–Crippen LogP) is 3.62. The van der Waals surface area contributed by atoms with Crippen LogP contribution in [0.3, 0.4) is 0 Å². The zero-order valence-electron chi connectivity index (χ0n) is 16.1. The quantitative estimate of drug-likeness (QED) is 0.741. The number of amides is 1. The molecule has 0 spiro atoms. The van der Waals surface area contributed by atoms with E-state index in [0.29, 0.717) is 6.54 Å². The van der Waals surface area contributed by atoms with Crippen molar-refractivity contribution in [2.75, 3.05) is 26.3 Å². The van der Waals surface area contributed by atoms with E-state index in [-0.39, 0.29) is 11.2 Å². The van der Waals surface area contributed by atoms with Crippen molar-refractivity contribution in [1.29, 1.82) is 0 Å². The summed E-state index contributed by atoms with van der Waals surface area (Å²) >= 11 is 1.59. The summed E-state index contributed by atoms with van der Waals surface area (Å²) in [5, 5.41) is 2.98. The number of morpholine rings is 1. The van der Waals surface area contributed by atoms with Gasteiger partial charge in [-0.1, -0.05) is 42.0 Å². The molecule has 0 saturated carbocycles. The summed E-state index contributed by atoms with van der Waals surface area (Å²) in [5.41, 5.74) is 3.69. The number of rotatable bonds is 7. The first kappa shape index (κ1) is 19.9. The second-order valence-corrected chi connectivity index (χ2v) is 8.36. The first-order valence-corrected chi connectivity index (χ1v) is 10.4. The molecule has 1 amide bonds. The van der Waals surface area contributed by atoms with Crippen LogP contribution in [0.5, 0.6) is 0 Å². The van der Waals surface area contributed by atoms with Gasteiger partial charge in [-0.15, -0.1) is 11.8 Å². The fourth-order valence-electron chi connectivity index (χ4n) is 3.08. The van der Waals surface area contributed by atoms with Crippen molar-refractivity contribution < 1.29 is 9.53 Å². The first-order valence-electron chi connectivity index (χ1n) is 9.50. The fourth-order valence-corrected chi connectivity index (χ4v) is 3.98. The molecule has 1 N–H and O–H groups in total. The lowest BCUT2D eigenvalue weighted by molar-refractivity contribution is -0.120. The number of hydrogen-bond donors (Lipinski definition) is 1. The van der Waals surface area contributed by atoms with Crippen molar-refractivity contribution in [3.05, 3.63) is 65.2 Å². The standard InChI is InChI=1S/C22H28N2O2S/c1-17-7-9-21(10-8-17)27-18(2)22(25)23-15-19-5-3-4-6-20(19)16-24-11-13-26-14-12-24/h3-10,18H,11-16H2,1-2H3,(H,23,25)/t18-/m0/s1. The van der Waals surface area contributed by atoms with E-state index in [9.17, 15) is 4.79 Å². The van der Waals surface area contributed by atoms with Crippen LogP contribution >= 0.6 is 11.8 Å². The van der Waals surface area contributed by atoms with E-state index in [1.54, 1.807) is 11.8 Å². The Labute approximate surface area is 166 Å². The fraction of sp³-hybridized carbons (Fsp3) is 0.409. The Hall–Kier alpha value is -1.82. The molecule has 1 atom stereocenters. The summed E-state index contributed by atoms with van der Waals surface area (Å²) in [4.78, 5) is 16.1. The number of ether oxygens (including phenoxy) is 1. The van der Waals surface area contributed by atoms with Gasteiger partial charge in [0.2, 0.25) is 5.91 Å². The molecule has 2 aromatic carbocycles. The summed E-state index contributed by atoms with van der Waals surface area (Å²) < 4.78 is 5.43. The van der Waals surface area contributed by atoms with E-state index in [2.05, 4.69) is 59.6 Å². The molecule has 0 radical (unpaired) electrons. The summed E-state index contributed by atoms with van der Waals surface area (Å²) in [7, 11) is 0. The highest BCUT2D eigenvalue weighted by atomic mass is 32.2. The van der Waals surface area contributed by atoms with Crippen LogP contribution in [0.1, 0.15) is 23.6 Å². The van der Waals surface area contributed by atoms with Gasteiger partial charge in [0.1, 0.15) is 0 Å². The van der Waals surface area contributed by atoms with Crippen LogP contribution in [0, 0.1) is 6.92 Å². The number of nitrogens with one attached hydrogen (secondary N) is 1. The van der Waals surface area contributed by atoms with Crippen molar-refractivity contribution in [2.24, 2.45) is 0 Å². The van der Waals surface area contributed by atoms with Gasteiger partial charge in [0.05, 0.1) is 18.5 Å². The molecule has 4 nitrogen and oxygen atoms in total. The number of carbonyl (C=O) groups is 1. The third-order valence-electron chi connectivity index (χ3n) is 4.77. The van der Waals surface area contributed by atoms with Crippen LogP contribution in [0.2, 0.25) is 0 Å². The van der Waals surface area contributed by atoms with Gasteiger partial charge in [0.15, 0.2) is 0 Å². The molecule has 0 aliphatic carbocycles. The van der Waals surface area contributed by atoms with Gasteiger partial charge in [-0.2, -0.15) is 0 Å². The van der Waals surface area contributed by atoms with Gasteiger partial charge in [0, 0.05) is 31.1 Å². The van der Waals surface area contributed by atoms with Gasteiger partial charge < -0.3 is 10.1 Å². The molecule has 3 rings (SSSR count). The van der Waals surface area contributed by atoms with Crippen LogP contribution in [-0.2, 0) is 22.6 Å². The van der Waals surface area contributed by atoms with E-state index in [4.69, 9.17) is 4.74 Å². The molecule has 0 unspecified atom stereocenters. The third kappa shape index (κ3) is 6.09. The van der Waals surface area contributed by atoms with Crippen LogP contribution in [0.15, 0.2) is 53.4 Å². The number of carbonyl (C=O) groups excluding carboxylic acids is 1.